The fourth-order valence-electron chi connectivity index (χ4n) is 2.40. The van der Waals surface area contributed by atoms with Crippen LogP contribution >= 0.6 is 0 Å². The van der Waals surface area contributed by atoms with Gasteiger partial charge in [0.2, 0.25) is 5.82 Å². The number of ketones is 1. The highest BCUT2D eigenvalue weighted by atomic mass is 19.2. The van der Waals surface area contributed by atoms with E-state index in [4.69, 9.17) is 0 Å². The van der Waals surface area contributed by atoms with E-state index in [-0.39, 0.29) is 18.6 Å². The molecule has 0 radical (unpaired) electrons. The Balaban J connectivity index is 2.39. The molecule has 0 amide bonds. The quantitative estimate of drug-likeness (QED) is 0.473. The summed E-state index contributed by atoms with van der Waals surface area (Å²) in [7, 11) is 1.26. The van der Waals surface area contributed by atoms with Crippen LogP contribution in [0.25, 0.3) is 0 Å². The van der Waals surface area contributed by atoms with Crippen molar-refractivity contribution >= 4 is 11.5 Å². The Labute approximate surface area is 112 Å². The number of benzene rings is 1. The lowest BCUT2D eigenvalue weighted by Crippen LogP contribution is -2.37. The van der Waals surface area contributed by atoms with Gasteiger partial charge in [-0.25, -0.2) is 22.0 Å². The number of Topliss-reactive ketones (excluding diaryl/α,β-unsaturated/α-hetero) is 1. The molecule has 1 aliphatic carbocycles. The van der Waals surface area contributed by atoms with Crippen molar-refractivity contribution in [1.29, 1.82) is 0 Å². The molecule has 0 spiro atoms. The number of nitrogens with zero attached hydrogens (tertiary/aromatic N) is 1. The second-order valence-electron chi connectivity index (χ2n) is 4.80. The van der Waals surface area contributed by atoms with E-state index < -0.39 is 40.8 Å². The van der Waals surface area contributed by atoms with Crippen molar-refractivity contribution in [2.75, 3.05) is 11.9 Å². The highest BCUT2D eigenvalue weighted by molar-refractivity contribution is 5.79. The van der Waals surface area contributed by atoms with Gasteiger partial charge in [0.05, 0.1) is 0 Å². The van der Waals surface area contributed by atoms with E-state index in [9.17, 15) is 26.7 Å². The van der Waals surface area contributed by atoms with E-state index in [0.717, 1.165) is 4.90 Å². The van der Waals surface area contributed by atoms with Crippen molar-refractivity contribution < 1.29 is 26.7 Å². The summed E-state index contributed by atoms with van der Waals surface area (Å²) in [5, 5.41) is 0. The van der Waals surface area contributed by atoms with Crippen LogP contribution in [0.4, 0.5) is 27.6 Å². The highest BCUT2D eigenvalue weighted by Gasteiger charge is 2.31. The summed E-state index contributed by atoms with van der Waals surface area (Å²) in [6.07, 6.45) is 1.14. The zero-order valence-corrected chi connectivity index (χ0v) is 10.7. The molecule has 0 saturated heterocycles. The van der Waals surface area contributed by atoms with E-state index in [1.165, 1.54) is 7.05 Å². The largest absolute Gasteiger partial charge is 0.367 e. The van der Waals surface area contributed by atoms with Crippen LogP contribution in [0.5, 0.6) is 0 Å². The van der Waals surface area contributed by atoms with Crippen LogP contribution in [-0.2, 0) is 4.79 Å². The first-order chi connectivity index (χ1) is 9.34. The summed E-state index contributed by atoms with van der Waals surface area (Å²) >= 11 is 0. The third-order valence-electron chi connectivity index (χ3n) is 3.60. The van der Waals surface area contributed by atoms with Crippen LogP contribution in [0.15, 0.2) is 0 Å². The maximum Gasteiger partial charge on any atom is 0.200 e. The Hall–Kier alpha value is -1.66. The molecule has 0 bridgehead atoms. The fraction of sp³-hybridized carbons (Fsp3) is 0.462. The molecule has 20 heavy (non-hydrogen) atoms. The molecule has 1 aromatic rings. The third-order valence-corrected chi connectivity index (χ3v) is 3.60. The summed E-state index contributed by atoms with van der Waals surface area (Å²) < 4.78 is 66.6. The average molecular weight is 293 g/mol. The van der Waals surface area contributed by atoms with E-state index in [1.54, 1.807) is 0 Å². The Bertz CT molecular complexity index is 521. The zero-order chi connectivity index (χ0) is 15.0. The zero-order valence-electron chi connectivity index (χ0n) is 10.7. The molecule has 0 aromatic heterocycles. The molecule has 1 aliphatic rings. The first kappa shape index (κ1) is 14.7. The monoisotopic (exact) mass is 293 g/mol. The molecular formula is C13H12F5NO. The smallest absolute Gasteiger partial charge is 0.200 e. The van der Waals surface area contributed by atoms with Crippen molar-refractivity contribution in [2.24, 2.45) is 0 Å². The number of hydrogen-bond donors (Lipinski definition) is 0. The first-order valence-corrected chi connectivity index (χ1v) is 6.10. The van der Waals surface area contributed by atoms with Gasteiger partial charge in [-0.2, -0.15) is 0 Å². The lowest BCUT2D eigenvalue weighted by Gasteiger charge is -2.33. The minimum atomic E-state index is -2.17. The summed E-state index contributed by atoms with van der Waals surface area (Å²) in [6, 6.07) is -0.430. The van der Waals surface area contributed by atoms with Crippen LogP contribution in [0.2, 0.25) is 0 Å². The molecular weight excluding hydrogens is 281 g/mol. The minimum Gasteiger partial charge on any atom is -0.367 e. The van der Waals surface area contributed by atoms with Crippen molar-refractivity contribution in [2.45, 2.75) is 31.7 Å². The predicted molar refractivity (Wildman–Crippen MR) is 61.9 cm³/mol. The fourth-order valence-corrected chi connectivity index (χ4v) is 2.40. The third kappa shape index (κ3) is 2.36. The molecule has 0 N–H and O–H groups in total. The van der Waals surface area contributed by atoms with Gasteiger partial charge in [-0.3, -0.25) is 4.79 Å². The molecule has 0 unspecified atom stereocenters. The standard InChI is InChI=1S/C13H12F5NO/c1-19(6-2-4-7(20)5-3-6)13-11(17)9(15)8(14)10(16)12(13)18/h6H,2-5H2,1H3. The van der Waals surface area contributed by atoms with Gasteiger partial charge in [-0.1, -0.05) is 0 Å². The van der Waals surface area contributed by atoms with Crippen LogP contribution in [0, 0.1) is 29.1 Å². The van der Waals surface area contributed by atoms with Crippen LogP contribution in [0.1, 0.15) is 25.7 Å². The molecule has 1 aromatic carbocycles. The van der Waals surface area contributed by atoms with Gasteiger partial charge >= 0.3 is 0 Å². The van der Waals surface area contributed by atoms with Gasteiger partial charge in [0.15, 0.2) is 23.3 Å². The maximum atomic E-state index is 13.7. The van der Waals surface area contributed by atoms with E-state index in [1.807, 2.05) is 0 Å². The predicted octanol–water partition coefficient (Wildman–Crippen LogP) is 3.33. The summed E-state index contributed by atoms with van der Waals surface area (Å²) in [6.45, 7) is 0. The molecule has 1 saturated carbocycles. The number of halogens is 5. The van der Waals surface area contributed by atoms with Crippen LogP contribution in [0.3, 0.4) is 0 Å². The normalized spacial score (nSPS) is 16.6. The average Bonchev–Trinajstić information content (AvgIpc) is 2.44. The Kier molecular flexibility index (Phi) is 3.96. The van der Waals surface area contributed by atoms with Gasteiger partial charge in [0.25, 0.3) is 0 Å². The van der Waals surface area contributed by atoms with Gasteiger partial charge in [-0.15, -0.1) is 0 Å². The Morgan fingerprint density at radius 2 is 1.25 bits per heavy atom. The summed E-state index contributed by atoms with van der Waals surface area (Å²) in [5.74, 6) is -9.75. The molecule has 2 nitrogen and oxygen atoms in total. The number of carbonyl (C=O) groups excluding carboxylic acids is 1. The van der Waals surface area contributed by atoms with E-state index in [2.05, 4.69) is 0 Å². The minimum absolute atomic E-state index is 0.0343. The second-order valence-corrected chi connectivity index (χ2v) is 4.80. The highest BCUT2D eigenvalue weighted by Crippen LogP contribution is 2.33. The van der Waals surface area contributed by atoms with Gasteiger partial charge in [0, 0.05) is 25.9 Å². The van der Waals surface area contributed by atoms with Crippen LogP contribution in [-0.4, -0.2) is 18.9 Å². The number of hydrogen-bond acceptors (Lipinski definition) is 2. The number of rotatable bonds is 2. The Morgan fingerprint density at radius 1 is 0.850 bits per heavy atom. The SMILES string of the molecule is CN(c1c(F)c(F)c(F)c(F)c1F)C1CCC(=O)CC1. The molecule has 7 heteroatoms. The summed E-state index contributed by atoms with van der Waals surface area (Å²) in [5.41, 5.74) is -0.944. The lowest BCUT2D eigenvalue weighted by molar-refractivity contribution is -0.120. The van der Waals surface area contributed by atoms with E-state index in [0.29, 0.717) is 12.8 Å². The molecule has 1 fully saturated rings. The number of anilines is 1. The van der Waals surface area contributed by atoms with Gasteiger partial charge in [0.1, 0.15) is 11.5 Å². The van der Waals surface area contributed by atoms with Crippen molar-refractivity contribution in [3.8, 4) is 0 Å². The molecule has 0 aliphatic heterocycles. The van der Waals surface area contributed by atoms with E-state index >= 15 is 0 Å². The van der Waals surface area contributed by atoms with Crippen molar-refractivity contribution in [3.63, 3.8) is 0 Å². The molecule has 0 heterocycles. The molecule has 110 valence electrons. The second kappa shape index (κ2) is 5.38. The van der Waals surface area contributed by atoms with Gasteiger partial charge < -0.3 is 4.90 Å². The van der Waals surface area contributed by atoms with Crippen molar-refractivity contribution in [3.05, 3.63) is 29.1 Å². The number of carbonyl (C=O) groups is 1. The Morgan fingerprint density at radius 3 is 1.70 bits per heavy atom. The summed E-state index contributed by atoms with van der Waals surface area (Å²) in [4.78, 5) is 12.1. The maximum absolute atomic E-state index is 13.7. The van der Waals surface area contributed by atoms with Crippen molar-refractivity contribution in [1.82, 2.24) is 0 Å². The van der Waals surface area contributed by atoms with Crippen LogP contribution < -0.4 is 4.90 Å². The van der Waals surface area contributed by atoms with Gasteiger partial charge in [-0.05, 0) is 12.8 Å². The topological polar surface area (TPSA) is 20.3 Å². The molecule has 2 rings (SSSR count). The first-order valence-electron chi connectivity index (χ1n) is 6.10. The molecule has 0 atom stereocenters. The lowest BCUT2D eigenvalue weighted by atomic mass is 9.93.